The minimum Gasteiger partial charge on any atom is -0.326 e. The number of pyridine rings is 1. The minimum atomic E-state index is 0.415. The third-order valence-corrected chi connectivity index (χ3v) is 4.68. The molecule has 0 radical (unpaired) electrons. The molecule has 3 aromatic rings. The molecule has 1 aromatic heterocycles. The molecule has 5 heteroatoms. The molecule has 1 heterocycles. The number of nitrogens with zero attached hydrogens (tertiary/aromatic N) is 1. The predicted octanol–water partition coefficient (Wildman–Crippen LogP) is 6.14. The Kier molecular flexibility index (Phi) is 5.12. The fourth-order valence-electron chi connectivity index (χ4n) is 2.59. The van der Waals surface area contributed by atoms with Crippen molar-refractivity contribution >= 4 is 34.8 Å². The maximum absolute atomic E-state index is 6.42. The highest BCUT2D eigenvalue weighted by molar-refractivity contribution is 6.36. The topological polar surface area (TPSA) is 38.9 Å². The van der Waals surface area contributed by atoms with Gasteiger partial charge >= 0.3 is 0 Å². The number of aryl methyl sites for hydroxylation is 1. The van der Waals surface area contributed by atoms with Crippen molar-refractivity contribution in [2.75, 3.05) is 0 Å². The summed E-state index contributed by atoms with van der Waals surface area (Å²) in [6, 6.07) is 15.1. The summed E-state index contributed by atoms with van der Waals surface area (Å²) in [5.41, 5.74) is 11.3. The average molecular weight is 378 g/mol. The van der Waals surface area contributed by atoms with Crippen LogP contribution in [0.2, 0.25) is 15.1 Å². The molecule has 122 valence electrons. The number of benzene rings is 2. The number of rotatable bonds is 3. The Morgan fingerprint density at radius 1 is 0.875 bits per heavy atom. The Morgan fingerprint density at radius 2 is 1.54 bits per heavy atom. The molecule has 2 aromatic carbocycles. The highest BCUT2D eigenvalue weighted by Crippen LogP contribution is 2.37. The molecule has 0 aliphatic heterocycles. The van der Waals surface area contributed by atoms with E-state index in [1.165, 1.54) is 0 Å². The standard InChI is InChI=1S/C19H15Cl3N2/c1-11-13(10-23)8-17(16-7-6-15(21)9-18(16)22)19(24-11)12-2-4-14(20)5-3-12/h2-9H,10,23H2,1H3. The van der Waals surface area contributed by atoms with Crippen LogP contribution in [0.5, 0.6) is 0 Å². The van der Waals surface area contributed by atoms with Crippen molar-refractivity contribution in [3.8, 4) is 22.4 Å². The highest BCUT2D eigenvalue weighted by atomic mass is 35.5. The smallest absolute Gasteiger partial charge is 0.0784 e. The average Bonchev–Trinajstić information content (AvgIpc) is 2.56. The molecule has 0 atom stereocenters. The van der Waals surface area contributed by atoms with E-state index < -0.39 is 0 Å². The molecule has 0 saturated heterocycles. The summed E-state index contributed by atoms with van der Waals surface area (Å²) >= 11 is 18.5. The summed E-state index contributed by atoms with van der Waals surface area (Å²) in [6.07, 6.45) is 0. The van der Waals surface area contributed by atoms with Gasteiger partial charge in [0.2, 0.25) is 0 Å². The van der Waals surface area contributed by atoms with Crippen LogP contribution in [0.25, 0.3) is 22.4 Å². The lowest BCUT2D eigenvalue weighted by Crippen LogP contribution is -2.03. The van der Waals surface area contributed by atoms with E-state index in [4.69, 9.17) is 45.5 Å². The van der Waals surface area contributed by atoms with Crippen LogP contribution in [0.1, 0.15) is 11.3 Å². The lowest BCUT2D eigenvalue weighted by Gasteiger charge is -2.15. The van der Waals surface area contributed by atoms with Crippen molar-refractivity contribution in [2.45, 2.75) is 13.5 Å². The minimum absolute atomic E-state index is 0.415. The first-order chi connectivity index (χ1) is 11.5. The Morgan fingerprint density at radius 3 is 2.17 bits per heavy atom. The summed E-state index contributed by atoms with van der Waals surface area (Å²) < 4.78 is 0. The maximum Gasteiger partial charge on any atom is 0.0784 e. The normalized spacial score (nSPS) is 10.9. The molecule has 0 aliphatic carbocycles. The van der Waals surface area contributed by atoms with E-state index in [2.05, 4.69) is 0 Å². The second-order valence-corrected chi connectivity index (χ2v) is 6.74. The van der Waals surface area contributed by atoms with Gasteiger partial charge in [0.15, 0.2) is 0 Å². The molecule has 24 heavy (non-hydrogen) atoms. The fourth-order valence-corrected chi connectivity index (χ4v) is 3.23. The predicted molar refractivity (Wildman–Crippen MR) is 103 cm³/mol. The van der Waals surface area contributed by atoms with Gasteiger partial charge in [-0.15, -0.1) is 0 Å². The van der Waals surface area contributed by atoms with E-state index >= 15 is 0 Å². The molecule has 0 spiro atoms. The molecule has 0 unspecified atom stereocenters. The Labute approximate surface area is 156 Å². The van der Waals surface area contributed by atoms with Crippen LogP contribution in [0.3, 0.4) is 0 Å². The molecule has 2 nitrogen and oxygen atoms in total. The molecular formula is C19H15Cl3N2. The largest absolute Gasteiger partial charge is 0.326 e. The third kappa shape index (κ3) is 3.42. The zero-order valence-electron chi connectivity index (χ0n) is 13.0. The van der Waals surface area contributed by atoms with Gasteiger partial charge in [-0.05, 0) is 42.8 Å². The maximum atomic E-state index is 6.42. The SMILES string of the molecule is Cc1nc(-c2ccc(Cl)cc2)c(-c2ccc(Cl)cc2Cl)cc1CN. The summed E-state index contributed by atoms with van der Waals surface area (Å²) in [4.78, 5) is 4.77. The second-order valence-electron chi connectivity index (χ2n) is 5.46. The van der Waals surface area contributed by atoms with Crippen LogP contribution in [0, 0.1) is 6.92 Å². The van der Waals surface area contributed by atoms with E-state index in [-0.39, 0.29) is 0 Å². The van der Waals surface area contributed by atoms with Crippen LogP contribution in [-0.2, 0) is 6.54 Å². The van der Waals surface area contributed by atoms with Gasteiger partial charge in [0.1, 0.15) is 0 Å². The van der Waals surface area contributed by atoms with Crippen LogP contribution >= 0.6 is 34.8 Å². The first-order valence-electron chi connectivity index (χ1n) is 7.41. The first-order valence-corrected chi connectivity index (χ1v) is 8.55. The van der Waals surface area contributed by atoms with E-state index in [1.807, 2.05) is 49.4 Å². The van der Waals surface area contributed by atoms with Crippen LogP contribution in [0.15, 0.2) is 48.5 Å². The van der Waals surface area contributed by atoms with Crippen LogP contribution in [-0.4, -0.2) is 4.98 Å². The summed E-state index contributed by atoms with van der Waals surface area (Å²) in [6.45, 7) is 2.37. The van der Waals surface area contributed by atoms with Crippen molar-refractivity contribution in [3.63, 3.8) is 0 Å². The quantitative estimate of drug-likeness (QED) is 0.595. The van der Waals surface area contributed by atoms with Crippen LogP contribution in [0.4, 0.5) is 0 Å². The van der Waals surface area contributed by atoms with Gasteiger partial charge in [-0.3, -0.25) is 4.98 Å². The molecular weight excluding hydrogens is 363 g/mol. The van der Waals surface area contributed by atoms with Gasteiger partial charge in [-0.1, -0.05) is 53.0 Å². The van der Waals surface area contributed by atoms with Gasteiger partial charge in [-0.25, -0.2) is 0 Å². The number of aromatic nitrogens is 1. The molecule has 3 rings (SSSR count). The van der Waals surface area contributed by atoms with Gasteiger partial charge in [0.05, 0.1) is 5.69 Å². The summed E-state index contributed by atoms with van der Waals surface area (Å²) in [5.74, 6) is 0. The summed E-state index contributed by atoms with van der Waals surface area (Å²) in [5, 5.41) is 1.85. The van der Waals surface area contributed by atoms with E-state index in [0.717, 1.165) is 33.6 Å². The monoisotopic (exact) mass is 376 g/mol. The molecule has 0 saturated carbocycles. The number of halogens is 3. The number of hydrogen-bond acceptors (Lipinski definition) is 2. The molecule has 0 amide bonds. The Hall–Kier alpha value is -1.58. The van der Waals surface area contributed by atoms with Gasteiger partial charge in [0, 0.05) is 44.0 Å². The van der Waals surface area contributed by atoms with Gasteiger partial charge in [0.25, 0.3) is 0 Å². The molecule has 0 bridgehead atoms. The van der Waals surface area contributed by atoms with Crippen molar-refractivity contribution in [2.24, 2.45) is 5.73 Å². The van der Waals surface area contributed by atoms with Crippen LogP contribution < -0.4 is 5.73 Å². The Balaban J connectivity index is 2.28. The van der Waals surface area contributed by atoms with E-state index in [0.29, 0.717) is 21.6 Å². The molecule has 0 aliphatic rings. The lowest BCUT2D eigenvalue weighted by molar-refractivity contribution is 1.01. The van der Waals surface area contributed by atoms with Crippen molar-refractivity contribution in [3.05, 3.63) is 74.9 Å². The summed E-state index contributed by atoms with van der Waals surface area (Å²) in [7, 11) is 0. The number of nitrogens with two attached hydrogens (primary N) is 1. The molecule has 0 fully saturated rings. The van der Waals surface area contributed by atoms with Gasteiger partial charge in [-0.2, -0.15) is 0 Å². The van der Waals surface area contributed by atoms with Crippen molar-refractivity contribution in [1.29, 1.82) is 0 Å². The zero-order chi connectivity index (χ0) is 17.3. The highest BCUT2D eigenvalue weighted by Gasteiger charge is 2.15. The van der Waals surface area contributed by atoms with Crippen molar-refractivity contribution in [1.82, 2.24) is 4.98 Å². The lowest BCUT2D eigenvalue weighted by atomic mass is 9.96. The van der Waals surface area contributed by atoms with Crippen molar-refractivity contribution < 1.29 is 0 Å². The fraction of sp³-hybridized carbons (Fsp3) is 0.105. The number of hydrogen-bond donors (Lipinski definition) is 1. The zero-order valence-corrected chi connectivity index (χ0v) is 15.3. The second kappa shape index (κ2) is 7.12. The third-order valence-electron chi connectivity index (χ3n) is 3.88. The van der Waals surface area contributed by atoms with E-state index in [1.54, 1.807) is 6.07 Å². The van der Waals surface area contributed by atoms with E-state index in [9.17, 15) is 0 Å². The first kappa shape index (κ1) is 17.2. The Bertz CT molecular complexity index is 890. The molecule has 2 N–H and O–H groups in total. The van der Waals surface area contributed by atoms with Gasteiger partial charge < -0.3 is 5.73 Å².